The molecule has 1 heterocycles. The van der Waals surface area contributed by atoms with Crippen LogP contribution in [0.5, 0.6) is 0 Å². The fraction of sp³-hybridized carbons (Fsp3) is 0.667. The van der Waals surface area contributed by atoms with E-state index in [1.807, 2.05) is 0 Å². The second kappa shape index (κ2) is 2.96. The number of ether oxygens (including phenoxy) is 1. The minimum Gasteiger partial charge on any atom is -0.385 e. The fourth-order valence-electron chi connectivity index (χ4n) is 0.789. The summed E-state index contributed by atoms with van der Waals surface area (Å²) in [5.41, 5.74) is 0. The molecular formula is C6H11NO2. The van der Waals surface area contributed by atoms with Crippen molar-refractivity contribution in [2.75, 3.05) is 13.2 Å². The molecule has 0 aromatic carbocycles. The molecule has 2 atom stereocenters. The largest absolute Gasteiger partial charge is 0.385 e. The van der Waals surface area contributed by atoms with Gasteiger partial charge in [-0.3, -0.25) is 5.32 Å². The molecule has 0 spiro atoms. The molecule has 1 fully saturated rings. The van der Waals surface area contributed by atoms with Gasteiger partial charge in [-0.15, -0.1) is 6.58 Å². The van der Waals surface area contributed by atoms with E-state index in [2.05, 4.69) is 11.9 Å². The lowest BCUT2D eigenvalue weighted by Crippen LogP contribution is -2.34. The van der Waals surface area contributed by atoms with Gasteiger partial charge < -0.3 is 9.84 Å². The number of nitrogens with one attached hydrogen (secondary N) is 1. The molecule has 3 heteroatoms. The van der Waals surface area contributed by atoms with Gasteiger partial charge >= 0.3 is 0 Å². The Morgan fingerprint density at radius 1 is 1.89 bits per heavy atom. The van der Waals surface area contributed by atoms with Gasteiger partial charge in [0.05, 0.1) is 6.61 Å². The Morgan fingerprint density at radius 3 is 3.11 bits per heavy atom. The van der Waals surface area contributed by atoms with E-state index in [4.69, 9.17) is 9.84 Å². The first-order chi connectivity index (χ1) is 4.34. The zero-order valence-corrected chi connectivity index (χ0v) is 5.21. The summed E-state index contributed by atoms with van der Waals surface area (Å²) in [5, 5.41) is 12.0. The van der Waals surface area contributed by atoms with Gasteiger partial charge in [0.1, 0.15) is 12.3 Å². The first-order valence-corrected chi connectivity index (χ1v) is 3.00. The number of hydrogen-bond acceptors (Lipinski definition) is 3. The van der Waals surface area contributed by atoms with Crippen LogP contribution in [0.2, 0.25) is 0 Å². The van der Waals surface area contributed by atoms with Crippen LogP contribution in [-0.4, -0.2) is 30.6 Å². The lowest BCUT2D eigenvalue weighted by atomic mass is 10.3. The Kier molecular flexibility index (Phi) is 2.22. The van der Waals surface area contributed by atoms with Crippen LogP contribution in [0, 0.1) is 0 Å². The van der Waals surface area contributed by atoms with Crippen LogP contribution in [0.25, 0.3) is 0 Å². The van der Waals surface area contributed by atoms with Crippen molar-refractivity contribution in [2.24, 2.45) is 0 Å². The quantitative estimate of drug-likeness (QED) is 0.493. The van der Waals surface area contributed by atoms with E-state index < -0.39 is 6.10 Å². The van der Waals surface area contributed by atoms with Crippen LogP contribution in [0.15, 0.2) is 12.7 Å². The Morgan fingerprint density at radius 2 is 2.67 bits per heavy atom. The van der Waals surface area contributed by atoms with Crippen molar-refractivity contribution in [3.63, 3.8) is 0 Å². The number of rotatable bonds is 2. The Balaban J connectivity index is 2.32. The summed E-state index contributed by atoms with van der Waals surface area (Å²) < 4.78 is 5.07. The molecule has 0 radical (unpaired) electrons. The monoisotopic (exact) mass is 129 g/mol. The second-order valence-electron chi connectivity index (χ2n) is 1.97. The van der Waals surface area contributed by atoms with Crippen LogP contribution in [0.3, 0.4) is 0 Å². The smallest absolute Gasteiger partial charge is 0.138 e. The Bertz CT molecular complexity index is 99.2. The van der Waals surface area contributed by atoms with Crippen molar-refractivity contribution in [1.82, 2.24) is 5.32 Å². The lowest BCUT2D eigenvalue weighted by Gasteiger charge is -2.12. The van der Waals surface area contributed by atoms with E-state index in [0.717, 1.165) is 6.54 Å². The highest BCUT2D eigenvalue weighted by atomic mass is 16.5. The molecular weight excluding hydrogens is 118 g/mol. The SMILES string of the molecule is C=CC(O)C1NCCO1. The summed E-state index contributed by atoms with van der Waals surface area (Å²) in [4.78, 5) is 0. The summed E-state index contributed by atoms with van der Waals surface area (Å²) in [7, 11) is 0. The van der Waals surface area contributed by atoms with Gasteiger partial charge in [-0.05, 0) is 0 Å². The summed E-state index contributed by atoms with van der Waals surface area (Å²) in [6.07, 6.45) is 0.651. The molecule has 0 bridgehead atoms. The first kappa shape index (κ1) is 6.74. The Hall–Kier alpha value is -0.380. The topological polar surface area (TPSA) is 41.5 Å². The molecule has 0 aromatic heterocycles. The van der Waals surface area contributed by atoms with E-state index in [-0.39, 0.29) is 6.23 Å². The van der Waals surface area contributed by atoms with Crippen molar-refractivity contribution in [3.8, 4) is 0 Å². The van der Waals surface area contributed by atoms with Crippen LogP contribution in [0.1, 0.15) is 0 Å². The van der Waals surface area contributed by atoms with Gasteiger partial charge in [0, 0.05) is 6.54 Å². The molecule has 2 unspecified atom stereocenters. The molecule has 3 nitrogen and oxygen atoms in total. The zero-order valence-electron chi connectivity index (χ0n) is 5.21. The van der Waals surface area contributed by atoms with Gasteiger partial charge in [0.2, 0.25) is 0 Å². The van der Waals surface area contributed by atoms with Crippen molar-refractivity contribution in [2.45, 2.75) is 12.3 Å². The van der Waals surface area contributed by atoms with Gasteiger partial charge in [-0.2, -0.15) is 0 Å². The lowest BCUT2D eigenvalue weighted by molar-refractivity contribution is 0.0130. The predicted octanol–water partition coefficient (Wildman–Crippen LogP) is -0.521. The summed E-state index contributed by atoms with van der Waals surface area (Å²) in [6, 6.07) is 0. The average molecular weight is 129 g/mol. The fourth-order valence-corrected chi connectivity index (χ4v) is 0.789. The van der Waals surface area contributed by atoms with Crippen molar-refractivity contribution in [1.29, 1.82) is 0 Å². The number of hydrogen-bond donors (Lipinski definition) is 2. The standard InChI is InChI=1S/C6H11NO2/c1-2-5(8)6-7-3-4-9-6/h2,5-8H,1,3-4H2. The summed E-state index contributed by atoms with van der Waals surface area (Å²) in [5.74, 6) is 0. The maximum absolute atomic E-state index is 9.05. The molecule has 0 saturated carbocycles. The van der Waals surface area contributed by atoms with E-state index in [1.165, 1.54) is 6.08 Å². The van der Waals surface area contributed by atoms with E-state index in [0.29, 0.717) is 6.61 Å². The average Bonchev–Trinajstić information content (AvgIpc) is 2.37. The van der Waals surface area contributed by atoms with Gasteiger partial charge in [-0.25, -0.2) is 0 Å². The van der Waals surface area contributed by atoms with Crippen molar-refractivity contribution >= 4 is 0 Å². The van der Waals surface area contributed by atoms with Crippen molar-refractivity contribution in [3.05, 3.63) is 12.7 Å². The molecule has 1 aliphatic heterocycles. The minimum absolute atomic E-state index is 0.234. The molecule has 0 aliphatic carbocycles. The predicted molar refractivity (Wildman–Crippen MR) is 33.9 cm³/mol. The summed E-state index contributed by atoms with van der Waals surface area (Å²) >= 11 is 0. The molecule has 0 amide bonds. The molecule has 0 aromatic rings. The molecule has 9 heavy (non-hydrogen) atoms. The second-order valence-corrected chi connectivity index (χ2v) is 1.97. The highest BCUT2D eigenvalue weighted by Crippen LogP contribution is 2.01. The van der Waals surface area contributed by atoms with Crippen LogP contribution >= 0.6 is 0 Å². The molecule has 1 aliphatic rings. The molecule has 1 rings (SSSR count). The number of aliphatic hydroxyl groups excluding tert-OH is 1. The van der Waals surface area contributed by atoms with Crippen LogP contribution in [-0.2, 0) is 4.74 Å². The highest BCUT2D eigenvalue weighted by Gasteiger charge is 2.19. The molecule has 52 valence electrons. The third-order valence-electron chi connectivity index (χ3n) is 1.30. The number of aliphatic hydroxyl groups is 1. The first-order valence-electron chi connectivity index (χ1n) is 3.00. The molecule has 2 N–H and O–H groups in total. The van der Waals surface area contributed by atoms with E-state index in [1.54, 1.807) is 0 Å². The molecule has 1 saturated heterocycles. The van der Waals surface area contributed by atoms with Crippen LogP contribution < -0.4 is 5.32 Å². The normalized spacial score (nSPS) is 30.1. The maximum Gasteiger partial charge on any atom is 0.138 e. The third-order valence-corrected chi connectivity index (χ3v) is 1.30. The Labute approximate surface area is 54.3 Å². The summed E-state index contributed by atoms with van der Waals surface area (Å²) in [6.45, 7) is 4.93. The van der Waals surface area contributed by atoms with Gasteiger partial charge in [-0.1, -0.05) is 6.08 Å². The maximum atomic E-state index is 9.05. The van der Waals surface area contributed by atoms with Crippen molar-refractivity contribution < 1.29 is 9.84 Å². The third kappa shape index (κ3) is 1.51. The highest BCUT2D eigenvalue weighted by molar-refractivity contribution is 4.85. The van der Waals surface area contributed by atoms with Crippen LogP contribution in [0.4, 0.5) is 0 Å². The van der Waals surface area contributed by atoms with E-state index >= 15 is 0 Å². The minimum atomic E-state index is -0.576. The zero-order chi connectivity index (χ0) is 6.69. The van der Waals surface area contributed by atoms with Gasteiger partial charge in [0.15, 0.2) is 0 Å². The van der Waals surface area contributed by atoms with Gasteiger partial charge in [0.25, 0.3) is 0 Å². The van der Waals surface area contributed by atoms with E-state index in [9.17, 15) is 0 Å².